The summed E-state index contributed by atoms with van der Waals surface area (Å²) in [6.45, 7) is 0. The van der Waals surface area contributed by atoms with Crippen molar-refractivity contribution in [3.8, 4) is 0 Å². The lowest BCUT2D eigenvalue weighted by Gasteiger charge is -2.17. The summed E-state index contributed by atoms with van der Waals surface area (Å²) in [4.78, 5) is 13.3. The number of rotatable bonds is 1. The predicted molar refractivity (Wildman–Crippen MR) is 71.9 cm³/mol. The van der Waals surface area contributed by atoms with Gasteiger partial charge in [0.1, 0.15) is 5.71 Å². The fourth-order valence-electron chi connectivity index (χ4n) is 2.39. The van der Waals surface area contributed by atoms with Crippen LogP contribution >= 0.6 is 0 Å². The van der Waals surface area contributed by atoms with Crippen molar-refractivity contribution in [2.75, 3.05) is 4.90 Å². The van der Waals surface area contributed by atoms with Crippen LogP contribution in [0.25, 0.3) is 0 Å². The molecule has 0 bridgehead atoms. The van der Waals surface area contributed by atoms with Crippen LogP contribution in [0.2, 0.25) is 0 Å². The van der Waals surface area contributed by atoms with Crippen LogP contribution in [0.15, 0.2) is 48.5 Å². The summed E-state index contributed by atoms with van der Waals surface area (Å²) in [5.41, 5.74) is -1.44. The number of hydrogen-bond acceptors (Lipinski definition) is 2. The second-order valence-electron chi connectivity index (χ2n) is 4.55. The van der Waals surface area contributed by atoms with E-state index in [1.807, 2.05) is 0 Å². The molecule has 0 saturated carbocycles. The van der Waals surface area contributed by atoms with Gasteiger partial charge in [-0.3, -0.25) is 15.1 Å². The highest BCUT2D eigenvalue weighted by atomic mass is 19.4. The van der Waals surface area contributed by atoms with Crippen molar-refractivity contribution in [3.63, 3.8) is 0 Å². The second kappa shape index (κ2) is 4.44. The molecule has 1 aliphatic heterocycles. The maximum absolute atomic E-state index is 13.0. The number of fused-ring (bicyclic) bond motifs is 1. The minimum Gasteiger partial charge on any atom is -0.295 e. The van der Waals surface area contributed by atoms with E-state index < -0.39 is 23.4 Å². The van der Waals surface area contributed by atoms with Crippen LogP contribution in [0.1, 0.15) is 11.1 Å². The molecule has 1 amide bonds. The molecule has 6 heteroatoms. The van der Waals surface area contributed by atoms with Crippen molar-refractivity contribution in [3.05, 3.63) is 59.7 Å². The first-order valence-corrected chi connectivity index (χ1v) is 6.10. The van der Waals surface area contributed by atoms with E-state index in [1.165, 1.54) is 12.1 Å². The van der Waals surface area contributed by atoms with Crippen molar-refractivity contribution < 1.29 is 18.0 Å². The molecule has 0 spiro atoms. The van der Waals surface area contributed by atoms with Gasteiger partial charge in [0.25, 0.3) is 5.91 Å². The minimum absolute atomic E-state index is 0.0889. The lowest BCUT2D eigenvalue weighted by Crippen LogP contribution is -2.24. The van der Waals surface area contributed by atoms with Gasteiger partial charge in [-0.05, 0) is 24.3 Å². The largest absolute Gasteiger partial charge is 0.417 e. The summed E-state index contributed by atoms with van der Waals surface area (Å²) in [5.74, 6) is -0.757. The number of benzene rings is 2. The molecule has 0 radical (unpaired) electrons. The van der Waals surface area contributed by atoms with Crippen molar-refractivity contribution in [2.45, 2.75) is 6.18 Å². The highest BCUT2D eigenvalue weighted by molar-refractivity contribution is 6.55. The van der Waals surface area contributed by atoms with Crippen LogP contribution in [0, 0.1) is 5.41 Å². The number of anilines is 2. The van der Waals surface area contributed by atoms with E-state index in [2.05, 4.69) is 0 Å². The molecule has 0 aliphatic carbocycles. The van der Waals surface area contributed by atoms with Crippen LogP contribution in [-0.4, -0.2) is 11.6 Å². The Morgan fingerprint density at radius 2 is 1.62 bits per heavy atom. The van der Waals surface area contributed by atoms with Gasteiger partial charge in [0.15, 0.2) is 0 Å². The molecule has 106 valence electrons. The molecule has 3 rings (SSSR count). The molecule has 0 saturated heterocycles. The Morgan fingerprint density at radius 1 is 0.952 bits per heavy atom. The molecule has 1 heterocycles. The van der Waals surface area contributed by atoms with Crippen LogP contribution in [0.5, 0.6) is 0 Å². The zero-order valence-electron chi connectivity index (χ0n) is 10.6. The third kappa shape index (κ3) is 1.99. The summed E-state index contributed by atoms with van der Waals surface area (Å²) in [7, 11) is 0. The Morgan fingerprint density at radius 3 is 2.24 bits per heavy atom. The van der Waals surface area contributed by atoms with Gasteiger partial charge in [-0.25, -0.2) is 0 Å². The Kier molecular flexibility index (Phi) is 2.83. The zero-order valence-corrected chi connectivity index (χ0v) is 10.6. The number of halogens is 3. The molecule has 2 aromatic rings. The molecule has 21 heavy (non-hydrogen) atoms. The van der Waals surface area contributed by atoms with Crippen LogP contribution in [-0.2, 0) is 11.0 Å². The first-order chi connectivity index (χ1) is 9.91. The lowest BCUT2D eigenvalue weighted by atomic mass is 10.0. The molecule has 1 N–H and O–H groups in total. The highest BCUT2D eigenvalue weighted by Crippen LogP contribution is 2.42. The average molecular weight is 290 g/mol. The molecule has 0 unspecified atom stereocenters. The molecule has 3 nitrogen and oxygen atoms in total. The first-order valence-electron chi connectivity index (χ1n) is 6.10. The van der Waals surface area contributed by atoms with Crippen LogP contribution < -0.4 is 4.90 Å². The van der Waals surface area contributed by atoms with Gasteiger partial charge in [0, 0.05) is 11.3 Å². The average Bonchev–Trinajstić information content (AvgIpc) is 2.71. The van der Waals surface area contributed by atoms with Crippen molar-refractivity contribution >= 4 is 23.0 Å². The van der Waals surface area contributed by atoms with E-state index in [9.17, 15) is 18.0 Å². The molecule has 0 fully saturated rings. The quantitative estimate of drug-likeness (QED) is 0.854. The van der Waals surface area contributed by atoms with Gasteiger partial charge in [-0.1, -0.05) is 24.3 Å². The number of hydrogen-bond donors (Lipinski definition) is 1. The minimum atomic E-state index is -4.61. The molecule has 0 aromatic heterocycles. The molecule has 0 atom stereocenters. The lowest BCUT2D eigenvalue weighted by molar-refractivity contribution is -0.137. The number of carbonyl (C=O) groups excluding carboxylic acids is 1. The van der Waals surface area contributed by atoms with E-state index in [0.717, 1.165) is 11.0 Å². The topological polar surface area (TPSA) is 44.2 Å². The van der Waals surface area contributed by atoms with Gasteiger partial charge in [-0.15, -0.1) is 0 Å². The van der Waals surface area contributed by atoms with E-state index in [1.54, 1.807) is 30.3 Å². The highest BCUT2D eigenvalue weighted by Gasteiger charge is 2.42. The van der Waals surface area contributed by atoms with Gasteiger partial charge in [0.2, 0.25) is 0 Å². The summed E-state index contributed by atoms with van der Waals surface area (Å²) >= 11 is 0. The molecular formula is C15H9F3N2O. The third-order valence-electron chi connectivity index (χ3n) is 3.27. The fourth-order valence-corrected chi connectivity index (χ4v) is 2.39. The number of nitrogens with zero attached hydrogens (tertiary/aromatic N) is 1. The predicted octanol–water partition coefficient (Wildman–Crippen LogP) is 3.75. The number of amides is 1. The van der Waals surface area contributed by atoms with E-state index in [-0.39, 0.29) is 11.3 Å². The van der Waals surface area contributed by atoms with Crippen molar-refractivity contribution in [1.29, 1.82) is 5.41 Å². The second-order valence-corrected chi connectivity index (χ2v) is 4.55. The summed E-state index contributed by atoms with van der Waals surface area (Å²) in [6, 6.07) is 11.9. The SMILES string of the molecule is N=C1C(=O)N(c2ccccc2)c2cccc(C(F)(F)F)c21. The molecule has 1 aliphatic rings. The monoisotopic (exact) mass is 290 g/mol. The Bertz CT molecular complexity index is 738. The van der Waals surface area contributed by atoms with Gasteiger partial charge < -0.3 is 0 Å². The number of nitrogens with one attached hydrogen (secondary N) is 1. The van der Waals surface area contributed by atoms with E-state index in [0.29, 0.717) is 5.69 Å². The van der Waals surface area contributed by atoms with Gasteiger partial charge in [-0.2, -0.15) is 13.2 Å². The zero-order chi connectivity index (χ0) is 15.2. The van der Waals surface area contributed by atoms with E-state index >= 15 is 0 Å². The Balaban J connectivity index is 2.24. The number of carbonyl (C=O) groups is 1. The molecular weight excluding hydrogens is 281 g/mol. The third-order valence-corrected chi connectivity index (χ3v) is 3.27. The Hall–Kier alpha value is -2.63. The maximum atomic E-state index is 13.0. The standard InChI is InChI=1S/C15H9F3N2O/c16-15(17,18)10-7-4-8-11-12(10)13(19)14(21)20(11)9-5-2-1-3-6-9/h1-8,19H. The van der Waals surface area contributed by atoms with Crippen LogP contribution in [0.3, 0.4) is 0 Å². The van der Waals surface area contributed by atoms with Gasteiger partial charge in [0.05, 0.1) is 11.3 Å². The van der Waals surface area contributed by atoms with Crippen molar-refractivity contribution in [2.24, 2.45) is 0 Å². The van der Waals surface area contributed by atoms with E-state index in [4.69, 9.17) is 5.41 Å². The number of alkyl halides is 3. The summed E-state index contributed by atoms with van der Waals surface area (Å²) in [6.07, 6.45) is -4.61. The number of para-hydroxylation sites is 1. The summed E-state index contributed by atoms with van der Waals surface area (Å²) < 4.78 is 39.1. The van der Waals surface area contributed by atoms with Gasteiger partial charge >= 0.3 is 6.18 Å². The summed E-state index contributed by atoms with van der Waals surface area (Å²) in [5, 5.41) is 7.75. The van der Waals surface area contributed by atoms with Crippen LogP contribution in [0.4, 0.5) is 24.5 Å². The first kappa shape index (κ1) is 13.4. The fraction of sp³-hybridized carbons (Fsp3) is 0.0667. The van der Waals surface area contributed by atoms with Crippen molar-refractivity contribution in [1.82, 2.24) is 0 Å². The normalized spacial score (nSPS) is 14.5. The molecule has 2 aromatic carbocycles. The maximum Gasteiger partial charge on any atom is 0.417 e. The Labute approximate surface area is 118 Å². The smallest absolute Gasteiger partial charge is 0.295 e.